The quantitative estimate of drug-likeness (QED) is 0.545. The van der Waals surface area contributed by atoms with Crippen LogP contribution in [0.15, 0.2) is 0 Å². The van der Waals surface area contributed by atoms with E-state index in [4.69, 9.17) is 0 Å². The molecule has 0 aromatic heterocycles. The van der Waals surface area contributed by atoms with Crippen LogP contribution >= 0.6 is 0 Å². The first-order valence-electron chi connectivity index (χ1n) is 3.58. The molecule has 10 heavy (non-hydrogen) atoms. The second kappa shape index (κ2) is 4.21. The molecule has 0 rings (SSSR count). The van der Waals surface area contributed by atoms with Crippen LogP contribution in [-0.2, 0) is 32.7 Å². The molecule has 0 aliphatic rings. The van der Waals surface area contributed by atoms with E-state index in [0.29, 0.717) is 10.8 Å². The van der Waals surface area contributed by atoms with Gasteiger partial charge in [-0.15, -0.1) is 0 Å². The Hall–Kier alpha value is 1.10. The zero-order valence-electron chi connectivity index (χ0n) is 8.15. The molecule has 0 amide bonds. The van der Waals surface area contributed by atoms with Crippen LogP contribution < -0.4 is 0 Å². The molecule has 0 aliphatic carbocycles. The molecule has 0 atom stereocenters. The molecule has 0 saturated heterocycles. The summed E-state index contributed by atoms with van der Waals surface area (Å²) < 4.78 is 0. The van der Waals surface area contributed by atoms with Gasteiger partial charge in [0.05, 0.1) is 0 Å². The maximum atomic E-state index is 2.38. The fourth-order valence-corrected chi connectivity index (χ4v) is 1.30. The smallest absolute Gasteiger partial charge is 0 e. The van der Waals surface area contributed by atoms with Crippen LogP contribution in [-0.4, -0.2) is 0 Å². The van der Waals surface area contributed by atoms with E-state index in [0.717, 1.165) is 0 Å². The summed E-state index contributed by atoms with van der Waals surface area (Å²) in [6, 6.07) is 0. The Labute approximate surface area is 91.0 Å². The molecule has 1 heteroatoms. The molecule has 0 unspecified atom stereocenters. The molecule has 0 N–H and O–H groups in total. The Morgan fingerprint density at radius 3 is 0.900 bits per heavy atom. The summed E-state index contributed by atoms with van der Waals surface area (Å²) in [6.45, 7) is 13.4. The Morgan fingerprint density at radius 1 is 0.700 bits per heavy atom. The van der Waals surface area contributed by atoms with Crippen molar-refractivity contribution in [1.82, 2.24) is 0 Å². The van der Waals surface area contributed by atoms with Gasteiger partial charge < -0.3 is 6.42 Å². The molecular formula is C9H19Y-. The second-order valence-corrected chi connectivity index (χ2v) is 4.88. The maximum Gasteiger partial charge on any atom is 0 e. The van der Waals surface area contributed by atoms with Gasteiger partial charge in [-0.2, -0.15) is 10.8 Å². The van der Waals surface area contributed by atoms with E-state index in [1.54, 1.807) is 0 Å². The number of hydrogen-bond donors (Lipinski definition) is 0. The van der Waals surface area contributed by atoms with Crippen molar-refractivity contribution in [3.8, 4) is 0 Å². The van der Waals surface area contributed by atoms with Crippen LogP contribution in [0.1, 0.15) is 41.5 Å². The third kappa shape index (κ3) is 11.8. The first-order chi connectivity index (χ1) is 3.71. The van der Waals surface area contributed by atoms with Gasteiger partial charge in [-0.1, -0.05) is 41.5 Å². The average molecular weight is 216 g/mol. The van der Waals surface area contributed by atoms with Crippen molar-refractivity contribution in [2.75, 3.05) is 0 Å². The van der Waals surface area contributed by atoms with Gasteiger partial charge in [0.25, 0.3) is 0 Å². The number of hydrogen-bond acceptors (Lipinski definition) is 0. The number of rotatable bonds is 0. The van der Waals surface area contributed by atoms with Crippen molar-refractivity contribution >= 4 is 0 Å². The normalized spacial score (nSPS) is 12.6. The third-order valence-corrected chi connectivity index (χ3v) is 0.866. The van der Waals surface area contributed by atoms with Crippen molar-refractivity contribution in [2.24, 2.45) is 10.8 Å². The molecule has 1 radical (unpaired) electrons. The summed E-state index contributed by atoms with van der Waals surface area (Å²) in [7, 11) is 0. The molecule has 0 bridgehead atoms. The van der Waals surface area contributed by atoms with E-state index >= 15 is 0 Å². The predicted octanol–water partition coefficient (Wildman–Crippen LogP) is 3.28. The molecule has 0 saturated carbocycles. The standard InChI is InChI=1S/C9H19.Y/c1-8(2,3)7-9(4,5)6;/h7H,1-6H3;/q-1;. The second-order valence-electron chi connectivity index (χ2n) is 4.88. The van der Waals surface area contributed by atoms with Gasteiger partial charge in [0.2, 0.25) is 0 Å². The summed E-state index contributed by atoms with van der Waals surface area (Å²) in [5.41, 5.74) is 0.719. The Kier molecular flexibility index (Phi) is 5.76. The SMILES string of the molecule is CC(C)(C)[CH-]C(C)(C)C.[Y]. The largest absolute Gasteiger partial charge is 0.318 e. The van der Waals surface area contributed by atoms with Gasteiger partial charge in [0.15, 0.2) is 0 Å². The van der Waals surface area contributed by atoms with E-state index in [1.807, 2.05) is 0 Å². The van der Waals surface area contributed by atoms with E-state index < -0.39 is 0 Å². The Morgan fingerprint density at radius 2 is 0.900 bits per heavy atom. The van der Waals surface area contributed by atoms with E-state index in [9.17, 15) is 0 Å². The van der Waals surface area contributed by atoms with Gasteiger partial charge in [-0.3, -0.25) is 0 Å². The van der Waals surface area contributed by atoms with Crippen molar-refractivity contribution < 1.29 is 32.7 Å². The first kappa shape index (κ1) is 13.7. The molecule has 0 aromatic carbocycles. The molecule has 0 nitrogen and oxygen atoms in total. The van der Waals surface area contributed by atoms with E-state index in [1.165, 1.54) is 0 Å². The average Bonchev–Trinajstić information content (AvgIpc) is 1.14. The summed E-state index contributed by atoms with van der Waals surface area (Å²) in [5, 5.41) is 0. The third-order valence-electron chi connectivity index (χ3n) is 0.866. The molecule has 0 spiro atoms. The van der Waals surface area contributed by atoms with Crippen LogP contribution in [0, 0.1) is 17.3 Å². The molecule has 0 heterocycles. The minimum atomic E-state index is 0. The van der Waals surface area contributed by atoms with E-state index in [-0.39, 0.29) is 32.7 Å². The van der Waals surface area contributed by atoms with Crippen LogP contribution in [0.3, 0.4) is 0 Å². The van der Waals surface area contributed by atoms with Gasteiger partial charge in [-0.25, -0.2) is 0 Å². The fourth-order valence-electron chi connectivity index (χ4n) is 1.30. The minimum absolute atomic E-state index is 0. The topological polar surface area (TPSA) is 0 Å². The van der Waals surface area contributed by atoms with Gasteiger partial charge in [-0.05, 0) is 0 Å². The summed E-state index contributed by atoms with van der Waals surface area (Å²) in [5.74, 6) is 0. The molecule has 0 fully saturated rings. The van der Waals surface area contributed by atoms with Crippen molar-refractivity contribution in [2.45, 2.75) is 41.5 Å². The van der Waals surface area contributed by atoms with Gasteiger partial charge >= 0.3 is 0 Å². The predicted molar refractivity (Wildman–Crippen MR) is 43.2 cm³/mol. The van der Waals surface area contributed by atoms with E-state index in [2.05, 4.69) is 48.0 Å². The zero-order chi connectivity index (χ0) is 7.71. The molecule has 0 aromatic rings. The molecule has 0 aliphatic heterocycles. The van der Waals surface area contributed by atoms with Crippen molar-refractivity contribution in [1.29, 1.82) is 0 Å². The monoisotopic (exact) mass is 216 g/mol. The minimum Gasteiger partial charge on any atom is -0.318 e. The van der Waals surface area contributed by atoms with Crippen molar-refractivity contribution in [3.63, 3.8) is 0 Å². The van der Waals surface area contributed by atoms with Crippen LogP contribution in [0.2, 0.25) is 0 Å². The fraction of sp³-hybridized carbons (Fsp3) is 0.889. The van der Waals surface area contributed by atoms with Crippen LogP contribution in [0.4, 0.5) is 0 Å². The molecule has 59 valence electrons. The maximum absolute atomic E-state index is 2.38. The van der Waals surface area contributed by atoms with Crippen LogP contribution in [0.5, 0.6) is 0 Å². The summed E-state index contributed by atoms with van der Waals surface area (Å²) in [6.07, 6.45) is 2.38. The Balaban J connectivity index is 0. The van der Waals surface area contributed by atoms with Gasteiger partial charge in [0.1, 0.15) is 0 Å². The zero-order valence-corrected chi connectivity index (χ0v) is 11.0. The Bertz CT molecular complexity index is 69.9. The summed E-state index contributed by atoms with van der Waals surface area (Å²) in [4.78, 5) is 0. The molecular weight excluding hydrogens is 197 g/mol. The van der Waals surface area contributed by atoms with Gasteiger partial charge in [0, 0.05) is 32.7 Å². The van der Waals surface area contributed by atoms with Crippen molar-refractivity contribution in [3.05, 3.63) is 6.42 Å². The summed E-state index contributed by atoms with van der Waals surface area (Å²) >= 11 is 0. The first-order valence-corrected chi connectivity index (χ1v) is 3.58. The van der Waals surface area contributed by atoms with Crippen LogP contribution in [0.25, 0.3) is 0 Å².